The van der Waals surface area contributed by atoms with E-state index in [9.17, 15) is 0 Å². The highest BCUT2D eigenvalue weighted by Crippen LogP contribution is 1.99. The van der Waals surface area contributed by atoms with E-state index < -0.39 is 0 Å². The van der Waals surface area contributed by atoms with Crippen molar-refractivity contribution < 1.29 is 4.42 Å². The number of nitrogens with one attached hydrogen (secondary N) is 1. The third-order valence-corrected chi connectivity index (χ3v) is 1.53. The van der Waals surface area contributed by atoms with Crippen LogP contribution in [0.25, 0.3) is 0 Å². The lowest BCUT2D eigenvalue weighted by Gasteiger charge is -2.05. The molecule has 2 heteroatoms. The SMILES string of the molecule is C=CC(C)NCc1ccco1. The monoisotopic (exact) mass is 151 g/mol. The predicted octanol–water partition coefficient (Wildman–Crippen LogP) is 1.94. The van der Waals surface area contributed by atoms with Crippen LogP contribution < -0.4 is 5.32 Å². The predicted molar refractivity (Wildman–Crippen MR) is 45.2 cm³/mol. The van der Waals surface area contributed by atoms with E-state index in [4.69, 9.17) is 4.42 Å². The minimum Gasteiger partial charge on any atom is -0.468 e. The second-order valence-corrected chi connectivity index (χ2v) is 2.48. The van der Waals surface area contributed by atoms with Crippen molar-refractivity contribution in [3.05, 3.63) is 36.8 Å². The first-order valence-electron chi connectivity index (χ1n) is 3.71. The van der Waals surface area contributed by atoms with Gasteiger partial charge in [-0.3, -0.25) is 0 Å². The van der Waals surface area contributed by atoms with Crippen LogP contribution in [0, 0.1) is 0 Å². The van der Waals surface area contributed by atoms with Crippen molar-refractivity contribution in [2.75, 3.05) is 0 Å². The van der Waals surface area contributed by atoms with E-state index in [2.05, 4.69) is 18.8 Å². The standard InChI is InChI=1S/C9H13NO/c1-3-8(2)10-7-9-5-4-6-11-9/h3-6,8,10H,1,7H2,2H3. The van der Waals surface area contributed by atoms with Gasteiger partial charge in [0.05, 0.1) is 12.8 Å². The van der Waals surface area contributed by atoms with Crippen molar-refractivity contribution in [3.63, 3.8) is 0 Å². The molecule has 0 saturated heterocycles. The van der Waals surface area contributed by atoms with Crippen LogP contribution in [0.5, 0.6) is 0 Å². The Balaban J connectivity index is 2.28. The third-order valence-electron chi connectivity index (χ3n) is 1.53. The van der Waals surface area contributed by atoms with Crippen LogP contribution >= 0.6 is 0 Å². The highest BCUT2D eigenvalue weighted by molar-refractivity contribution is 4.98. The minimum absolute atomic E-state index is 0.333. The lowest BCUT2D eigenvalue weighted by molar-refractivity contribution is 0.474. The van der Waals surface area contributed by atoms with Crippen molar-refractivity contribution in [2.45, 2.75) is 19.5 Å². The molecule has 60 valence electrons. The van der Waals surface area contributed by atoms with Gasteiger partial charge in [-0.05, 0) is 19.1 Å². The molecular formula is C9H13NO. The van der Waals surface area contributed by atoms with Gasteiger partial charge in [-0.2, -0.15) is 0 Å². The fraction of sp³-hybridized carbons (Fsp3) is 0.333. The first-order valence-corrected chi connectivity index (χ1v) is 3.71. The highest BCUT2D eigenvalue weighted by atomic mass is 16.3. The summed E-state index contributed by atoms with van der Waals surface area (Å²) in [5.41, 5.74) is 0. The fourth-order valence-corrected chi connectivity index (χ4v) is 0.758. The Morgan fingerprint density at radius 2 is 2.64 bits per heavy atom. The van der Waals surface area contributed by atoms with Gasteiger partial charge in [0.2, 0.25) is 0 Å². The second kappa shape index (κ2) is 3.98. The van der Waals surface area contributed by atoms with Crippen molar-refractivity contribution in [3.8, 4) is 0 Å². The fourth-order valence-electron chi connectivity index (χ4n) is 0.758. The summed E-state index contributed by atoms with van der Waals surface area (Å²) in [5.74, 6) is 0.957. The molecular weight excluding hydrogens is 138 g/mol. The zero-order valence-corrected chi connectivity index (χ0v) is 6.71. The molecule has 1 unspecified atom stereocenters. The quantitative estimate of drug-likeness (QED) is 0.665. The van der Waals surface area contributed by atoms with E-state index in [1.54, 1.807) is 6.26 Å². The average molecular weight is 151 g/mol. The molecule has 0 bridgehead atoms. The molecule has 0 aliphatic carbocycles. The lowest BCUT2D eigenvalue weighted by atomic mass is 10.3. The molecule has 2 nitrogen and oxygen atoms in total. The summed E-state index contributed by atoms with van der Waals surface area (Å²) in [6.45, 7) is 6.48. The lowest BCUT2D eigenvalue weighted by Crippen LogP contribution is -2.22. The van der Waals surface area contributed by atoms with Crippen LogP contribution in [0.2, 0.25) is 0 Å². The van der Waals surface area contributed by atoms with Crippen LogP contribution in [-0.4, -0.2) is 6.04 Å². The second-order valence-electron chi connectivity index (χ2n) is 2.48. The normalized spacial score (nSPS) is 12.8. The molecule has 0 aromatic carbocycles. The number of hydrogen-bond donors (Lipinski definition) is 1. The van der Waals surface area contributed by atoms with E-state index in [0.29, 0.717) is 6.04 Å². The molecule has 1 atom stereocenters. The largest absolute Gasteiger partial charge is 0.468 e. The van der Waals surface area contributed by atoms with Crippen molar-refractivity contribution in [2.24, 2.45) is 0 Å². The van der Waals surface area contributed by atoms with E-state index >= 15 is 0 Å². The molecule has 0 aliphatic rings. The molecule has 1 heterocycles. The zero-order chi connectivity index (χ0) is 8.10. The van der Waals surface area contributed by atoms with Crippen LogP contribution in [0.1, 0.15) is 12.7 Å². The van der Waals surface area contributed by atoms with Crippen LogP contribution in [0.4, 0.5) is 0 Å². The van der Waals surface area contributed by atoms with Gasteiger partial charge in [-0.1, -0.05) is 6.08 Å². The van der Waals surface area contributed by atoms with Crippen molar-refractivity contribution in [1.82, 2.24) is 5.32 Å². The van der Waals surface area contributed by atoms with Gasteiger partial charge in [0, 0.05) is 6.04 Å². The molecule has 0 amide bonds. The zero-order valence-electron chi connectivity index (χ0n) is 6.71. The summed E-state index contributed by atoms with van der Waals surface area (Å²) in [4.78, 5) is 0. The van der Waals surface area contributed by atoms with Gasteiger partial charge in [0.1, 0.15) is 5.76 Å². The smallest absolute Gasteiger partial charge is 0.117 e. The summed E-state index contributed by atoms with van der Waals surface area (Å²) in [6, 6.07) is 4.17. The van der Waals surface area contributed by atoms with E-state index in [1.165, 1.54) is 0 Å². The van der Waals surface area contributed by atoms with Gasteiger partial charge in [0.15, 0.2) is 0 Å². The maximum Gasteiger partial charge on any atom is 0.117 e. The molecule has 1 aromatic heterocycles. The van der Waals surface area contributed by atoms with Gasteiger partial charge >= 0.3 is 0 Å². The highest BCUT2D eigenvalue weighted by Gasteiger charge is 1.96. The molecule has 1 aromatic rings. The van der Waals surface area contributed by atoms with Gasteiger partial charge in [-0.25, -0.2) is 0 Å². The molecule has 0 spiro atoms. The van der Waals surface area contributed by atoms with Crippen LogP contribution in [0.3, 0.4) is 0 Å². The average Bonchev–Trinajstić information content (AvgIpc) is 2.52. The molecule has 0 fully saturated rings. The molecule has 0 aliphatic heterocycles. The topological polar surface area (TPSA) is 25.2 Å². The first kappa shape index (κ1) is 8.08. The molecule has 0 radical (unpaired) electrons. The number of rotatable bonds is 4. The van der Waals surface area contributed by atoms with Gasteiger partial charge in [0.25, 0.3) is 0 Å². The van der Waals surface area contributed by atoms with Crippen molar-refractivity contribution in [1.29, 1.82) is 0 Å². The Morgan fingerprint density at radius 3 is 3.18 bits per heavy atom. The maximum absolute atomic E-state index is 5.13. The summed E-state index contributed by atoms with van der Waals surface area (Å²) >= 11 is 0. The molecule has 1 rings (SSSR count). The maximum atomic E-state index is 5.13. The molecule has 11 heavy (non-hydrogen) atoms. The minimum atomic E-state index is 0.333. The summed E-state index contributed by atoms with van der Waals surface area (Å²) < 4.78 is 5.13. The number of hydrogen-bond acceptors (Lipinski definition) is 2. The number of furan rings is 1. The Hall–Kier alpha value is -1.02. The van der Waals surface area contributed by atoms with Gasteiger partial charge in [-0.15, -0.1) is 6.58 Å². The van der Waals surface area contributed by atoms with E-state index in [-0.39, 0.29) is 0 Å². The Kier molecular flexibility index (Phi) is 2.93. The Bertz CT molecular complexity index is 203. The van der Waals surface area contributed by atoms with Crippen molar-refractivity contribution >= 4 is 0 Å². The van der Waals surface area contributed by atoms with E-state index in [0.717, 1.165) is 12.3 Å². The van der Waals surface area contributed by atoms with Gasteiger partial charge < -0.3 is 9.73 Å². The Morgan fingerprint density at radius 1 is 1.82 bits per heavy atom. The Labute approximate surface area is 66.9 Å². The van der Waals surface area contributed by atoms with Crippen LogP contribution in [0.15, 0.2) is 35.5 Å². The summed E-state index contributed by atoms with van der Waals surface area (Å²) in [5, 5.41) is 3.22. The first-order chi connectivity index (χ1) is 5.33. The third kappa shape index (κ3) is 2.60. The summed E-state index contributed by atoms with van der Waals surface area (Å²) in [7, 11) is 0. The molecule has 1 N–H and O–H groups in total. The summed E-state index contributed by atoms with van der Waals surface area (Å²) in [6.07, 6.45) is 3.54. The molecule has 0 saturated carbocycles. The van der Waals surface area contributed by atoms with Crippen LogP contribution in [-0.2, 0) is 6.54 Å². The van der Waals surface area contributed by atoms with E-state index in [1.807, 2.05) is 18.2 Å².